The summed E-state index contributed by atoms with van der Waals surface area (Å²) in [5.74, 6) is 0.832. The average molecular weight is 171 g/mol. The van der Waals surface area contributed by atoms with Crippen LogP contribution in [-0.2, 0) is 4.79 Å². The smallest absolute Gasteiger partial charge is 0.207 e. The molecule has 12 heavy (non-hydrogen) atoms. The van der Waals surface area contributed by atoms with Crippen LogP contribution in [0.4, 0.5) is 0 Å². The number of nitrogens with one attached hydrogen (secondary N) is 1. The molecule has 0 aromatic carbocycles. The average Bonchev–Trinajstić information content (AvgIpc) is 2.02. The zero-order valence-corrected chi connectivity index (χ0v) is 8.31. The molecule has 2 nitrogen and oxygen atoms in total. The fourth-order valence-corrected chi connectivity index (χ4v) is 1.19. The Kier molecular flexibility index (Phi) is 8.19. The van der Waals surface area contributed by atoms with Crippen molar-refractivity contribution in [3.8, 4) is 0 Å². The maximum Gasteiger partial charge on any atom is 0.207 e. The first-order chi connectivity index (χ1) is 5.77. The fourth-order valence-electron chi connectivity index (χ4n) is 1.19. The van der Waals surface area contributed by atoms with Gasteiger partial charge in [-0.2, -0.15) is 0 Å². The van der Waals surface area contributed by atoms with Gasteiger partial charge in [-0.3, -0.25) is 4.79 Å². The van der Waals surface area contributed by atoms with Crippen LogP contribution in [-0.4, -0.2) is 13.0 Å². The molecule has 0 aliphatic heterocycles. The molecule has 1 amide bonds. The molecule has 0 radical (unpaired) electrons. The zero-order valence-electron chi connectivity index (χ0n) is 8.31. The van der Waals surface area contributed by atoms with Crippen LogP contribution in [0, 0.1) is 5.92 Å². The molecule has 0 fully saturated rings. The molecule has 2 heteroatoms. The number of hydrogen-bond acceptors (Lipinski definition) is 1. The van der Waals surface area contributed by atoms with Gasteiger partial charge in [-0.1, -0.05) is 39.5 Å². The van der Waals surface area contributed by atoms with E-state index in [0.717, 1.165) is 25.3 Å². The molecule has 72 valence electrons. The molecule has 0 unspecified atom stereocenters. The Hall–Kier alpha value is -0.530. The standard InChI is InChI=1S/C10H21NO/c1-10(2)7-5-3-4-6-8-11-9-12/h9-10H,3-8H2,1-2H3,(H,11,12). The summed E-state index contributed by atoms with van der Waals surface area (Å²) in [6.07, 6.45) is 7.11. The largest absolute Gasteiger partial charge is 0.359 e. The summed E-state index contributed by atoms with van der Waals surface area (Å²) in [6, 6.07) is 0. The summed E-state index contributed by atoms with van der Waals surface area (Å²) in [5.41, 5.74) is 0. The van der Waals surface area contributed by atoms with E-state index in [0.29, 0.717) is 0 Å². The van der Waals surface area contributed by atoms with Crippen molar-refractivity contribution in [3.05, 3.63) is 0 Å². The highest BCUT2D eigenvalue weighted by molar-refractivity contribution is 5.45. The fraction of sp³-hybridized carbons (Fsp3) is 0.900. The van der Waals surface area contributed by atoms with E-state index in [2.05, 4.69) is 19.2 Å². The molecule has 0 atom stereocenters. The van der Waals surface area contributed by atoms with E-state index >= 15 is 0 Å². The van der Waals surface area contributed by atoms with Gasteiger partial charge in [-0.15, -0.1) is 0 Å². The van der Waals surface area contributed by atoms with Crippen molar-refractivity contribution in [1.29, 1.82) is 0 Å². The number of carbonyl (C=O) groups excluding carboxylic acids is 1. The number of amides is 1. The minimum Gasteiger partial charge on any atom is -0.359 e. The molecule has 0 saturated heterocycles. The van der Waals surface area contributed by atoms with Crippen molar-refractivity contribution in [1.82, 2.24) is 5.32 Å². The highest BCUT2D eigenvalue weighted by Crippen LogP contribution is 2.08. The number of unbranched alkanes of at least 4 members (excludes halogenated alkanes) is 3. The summed E-state index contributed by atoms with van der Waals surface area (Å²) in [6.45, 7) is 5.35. The van der Waals surface area contributed by atoms with Crippen LogP contribution in [0.1, 0.15) is 46.0 Å². The Morgan fingerprint density at radius 3 is 2.42 bits per heavy atom. The SMILES string of the molecule is CC(C)CCCCCCNC=O. The monoisotopic (exact) mass is 171 g/mol. The lowest BCUT2D eigenvalue weighted by Gasteiger charge is -2.03. The molecule has 0 bridgehead atoms. The number of rotatable bonds is 8. The first-order valence-corrected chi connectivity index (χ1v) is 4.94. The molecule has 1 N–H and O–H groups in total. The van der Waals surface area contributed by atoms with E-state index in [9.17, 15) is 4.79 Å². The topological polar surface area (TPSA) is 29.1 Å². The molecular formula is C10H21NO. The summed E-state index contributed by atoms with van der Waals surface area (Å²) >= 11 is 0. The van der Waals surface area contributed by atoms with Crippen molar-refractivity contribution < 1.29 is 4.79 Å². The van der Waals surface area contributed by atoms with Gasteiger partial charge in [0.05, 0.1) is 0 Å². The Morgan fingerprint density at radius 1 is 1.17 bits per heavy atom. The zero-order chi connectivity index (χ0) is 9.23. The van der Waals surface area contributed by atoms with Gasteiger partial charge in [-0.25, -0.2) is 0 Å². The van der Waals surface area contributed by atoms with Gasteiger partial charge in [0.2, 0.25) is 6.41 Å². The molecule has 0 aliphatic rings. The predicted molar refractivity (Wildman–Crippen MR) is 52.0 cm³/mol. The third-order valence-electron chi connectivity index (χ3n) is 1.94. The molecule has 0 rings (SSSR count). The van der Waals surface area contributed by atoms with Crippen LogP contribution in [0.3, 0.4) is 0 Å². The summed E-state index contributed by atoms with van der Waals surface area (Å²) in [5, 5.41) is 2.67. The molecule has 0 saturated carbocycles. The highest BCUT2D eigenvalue weighted by Gasteiger charge is 1.93. The van der Waals surface area contributed by atoms with Crippen LogP contribution in [0.25, 0.3) is 0 Å². The molecule has 0 aromatic rings. The Labute approximate surface area is 75.7 Å². The molecule has 0 spiro atoms. The normalized spacial score (nSPS) is 10.2. The second-order valence-corrected chi connectivity index (χ2v) is 3.67. The van der Waals surface area contributed by atoms with Gasteiger partial charge in [0.15, 0.2) is 0 Å². The van der Waals surface area contributed by atoms with Gasteiger partial charge in [0.1, 0.15) is 0 Å². The lowest BCUT2D eigenvalue weighted by Crippen LogP contribution is -2.11. The van der Waals surface area contributed by atoms with Crippen LogP contribution in [0.15, 0.2) is 0 Å². The predicted octanol–water partition coefficient (Wildman–Crippen LogP) is 2.34. The minimum atomic E-state index is 0.772. The lowest BCUT2D eigenvalue weighted by atomic mass is 10.0. The molecule has 0 aromatic heterocycles. The summed E-state index contributed by atoms with van der Waals surface area (Å²) in [4.78, 5) is 9.87. The van der Waals surface area contributed by atoms with Crippen LogP contribution in [0.2, 0.25) is 0 Å². The van der Waals surface area contributed by atoms with E-state index in [1.807, 2.05) is 0 Å². The minimum absolute atomic E-state index is 0.772. The molecule has 0 aliphatic carbocycles. The molecule has 0 heterocycles. The van der Waals surface area contributed by atoms with Crippen molar-refractivity contribution >= 4 is 6.41 Å². The second-order valence-electron chi connectivity index (χ2n) is 3.67. The number of hydrogen-bond donors (Lipinski definition) is 1. The lowest BCUT2D eigenvalue weighted by molar-refractivity contribution is -0.109. The maximum atomic E-state index is 9.87. The van der Waals surface area contributed by atoms with E-state index in [1.165, 1.54) is 25.7 Å². The third-order valence-corrected chi connectivity index (χ3v) is 1.94. The van der Waals surface area contributed by atoms with Crippen molar-refractivity contribution in [2.24, 2.45) is 5.92 Å². The first kappa shape index (κ1) is 11.5. The Balaban J connectivity index is 2.86. The van der Waals surface area contributed by atoms with Gasteiger partial charge >= 0.3 is 0 Å². The van der Waals surface area contributed by atoms with Crippen LogP contribution in [0.5, 0.6) is 0 Å². The van der Waals surface area contributed by atoms with E-state index in [1.54, 1.807) is 0 Å². The van der Waals surface area contributed by atoms with E-state index in [4.69, 9.17) is 0 Å². The highest BCUT2D eigenvalue weighted by atomic mass is 16.1. The van der Waals surface area contributed by atoms with Crippen LogP contribution >= 0.6 is 0 Å². The van der Waals surface area contributed by atoms with Gasteiger partial charge < -0.3 is 5.32 Å². The van der Waals surface area contributed by atoms with E-state index in [-0.39, 0.29) is 0 Å². The van der Waals surface area contributed by atoms with E-state index < -0.39 is 0 Å². The Bertz CT molecular complexity index is 102. The maximum absolute atomic E-state index is 9.87. The van der Waals surface area contributed by atoms with Crippen molar-refractivity contribution in [2.45, 2.75) is 46.0 Å². The third kappa shape index (κ3) is 9.47. The summed E-state index contributed by atoms with van der Waals surface area (Å²) < 4.78 is 0. The van der Waals surface area contributed by atoms with Gasteiger partial charge in [-0.05, 0) is 12.3 Å². The van der Waals surface area contributed by atoms with Crippen molar-refractivity contribution in [3.63, 3.8) is 0 Å². The van der Waals surface area contributed by atoms with Gasteiger partial charge in [0, 0.05) is 6.54 Å². The quantitative estimate of drug-likeness (QED) is 0.441. The first-order valence-electron chi connectivity index (χ1n) is 4.94. The van der Waals surface area contributed by atoms with Gasteiger partial charge in [0.25, 0.3) is 0 Å². The summed E-state index contributed by atoms with van der Waals surface area (Å²) in [7, 11) is 0. The number of carbonyl (C=O) groups is 1. The second kappa shape index (κ2) is 8.57. The van der Waals surface area contributed by atoms with Crippen LogP contribution < -0.4 is 5.32 Å². The molecular weight excluding hydrogens is 150 g/mol. The van der Waals surface area contributed by atoms with Crippen molar-refractivity contribution in [2.75, 3.05) is 6.54 Å². The Morgan fingerprint density at radius 2 is 1.83 bits per heavy atom.